The molecule has 0 spiro atoms. The lowest BCUT2D eigenvalue weighted by Gasteiger charge is -2.18. The number of carbonyl (C=O) groups is 2. The Bertz CT molecular complexity index is 836. The quantitative estimate of drug-likeness (QED) is 0.849. The van der Waals surface area contributed by atoms with Crippen LogP contribution in [-0.2, 0) is 4.79 Å². The summed E-state index contributed by atoms with van der Waals surface area (Å²) in [7, 11) is 3.15. The van der Waals surface area contributed by atoms with Gasteiger partial charge in [0, 0.05) is 18.7 Å². The van der Waals surface area contributed by atoms with Crippen molar-refractivity contribution in [3.8, 4) is 11.5 Å². The number of rotatable bonds is 5. The number of hydrogen-bond donors (Lipinski definition) is 2. The molecular formula is C20H23N3O4. The fourth-order valence-corrected chi connectivity index (χ4v) is 3.08. The summed E-state index contributed by atoms with van der Waals surface area (Å²) in [5.74, 6) is 1.28. The molecule has 0 radical (unpaired) electrons. The lowest BCUT2D eigenvalue weighted by molar-refractivity contribution is -0.117. The molecule has 1 atom stereocenters. The number of urea groups is 1. The first kappa shape index (κ1) is 18.6. The van der Waals surface area contributed by atoms with Crippen molar-refractivity contribution in [3.63, 3.8) is 0 Å². The molecule has 142 valence electrons. The zero-order valence-corrected chi connectivity index (χ0v) is 15.6. The van der Waals surface area contributed by atoms with Gasteiger partial charge in [-0.2, -0.15) is 0 Å². The van der Waals surface area contributed by atoms with Crippen LogP contribution in [0.5, 0.6) is 11.5 Å². The molecule has 0 aromatic heterocycles. The second-order valence-corrected chi connectivity index (χ2v) is 6.41. The minimum absolute atomic E-state index is 0.0291. The van der Waals surface area contributed by atoms with E-state index >= 15 is 0 Å². The summed E-state index contributed by atoms with van der Waals surface area (Å²) in [4.78, 5) is 26.3. The molecule has 0 aliphatic carbocycles. The summed E-state index contributed by atoms with van der Waals surface area (Å²) in [6.07, 6.45) is 0.254. The highest BCUT2D eigenvalue weighted by Crippen LogP contribution is 2.26. The summed E-state index contributed by atoms with van der Waals surface area (Å²) in [5.41, 5.74) is 2.38. The van der Waals surface area contributed by atoms with E-state index in [0.717, 1.165) is 17.0 Å². The molecule has 2 aromatic carbocycles. The third kappa shape index (κ3) is 4.31. The van der Waals surface area contributed by atoms with Gasteiger partial charge in [0.1, 0.15) is 11.5 Å². The smallest absolute Gasteiger partial charge is 0.319 e. The minimum atomic E-state index is -0.367. The average molecular weight is 369 g/mol. The van der Waals surface area contributed by atoms with Crippen LogP contribution in [0.1, 0.15) is 12.0 Å². The van der Waals surface area contributed by atoms with Crippen molar-refractivity contribution in [2.75, 3.05) is 31.0 Å². The van der Waals surface area contributed by atoms with Crippen LogP contribution in [0.3, 0.4) is 0 Å². The van der Waals surface area contributed by atoms with E-state index in [4.69, 9.17) is 9.47 Å². The SMILES string of the molecule is COc1ccc(N2C[C@H](NC(=O)Nc3cc(C)ccc3OC)CC2=O)cc1. The Hall–Kier alpha value is -3.22. The molecule has 3 rings (SSSR count). The molecule has 1 fully saturated rings. The van der Waals surface area contributed by atoms with Crippen LogP contribution >= 0.6 is 0 Å². The van der Waals surface area contributed by atoms with E-state index in [1.54, 1.807) is 37.3 Å². The maximum absolute atomic E-state index is 12.4. The normalized spacial score (nSPS) is 16.2. The second-order valence-electron chi connectivity index (χ2n) is 6.41. The van der Waals surface area contributed by atoms with Crippen molar-refractivity contribution < 1.29 is 19.1 Å². The number of amides is 3. The monoisotopic (exact) mass is 369 g/mol. The van der Waals surface area contributed by atoms with Gasteiger partial charge in [-0.3, -0.25) is 4.79 Å². The Morgan fingerprint density at radius 1 is 1.11 bits per heavy atom. The zero-order valence-electron chi connectivity index (χ0n) is 15.6. The van der Waals surface area contributed by atoms with Crippen LogP contribution in [0.2, 0.25) is 0 Å². The fraction of sp³-hybridized carbons (Fsp3) is 0.300. The lowest BCUT2D eigenvalue weighted by atomic mass is 10.2. The summed E-state index contributed by atoms with van der Waals surface area (Å²) < 4.78 is 10.4. The predicted molar refractivity (Wildman–Crippen MR) is 104 cm³/mol. The summed E-state index contributed by atoms with van der Waals surface area (Å²) in [5, 5.41) is 5.65. The van der Waals surface area contributed by atoms with Gasteiger partial charge in [-0.25, -0.2) is 4.79 Å². The van der Waals surface area contributed by atoms with Crippen molar-refractivity contribution in [3.05, 3.63) is 48.0 Å². The van der Waals surface area contributed by atoms with Crippen molar-refractivity contribution in [1.82, 2.24) is 5.32 Å². The maximum atomic E-state index is 12.4. The third-order valence-electron chi connectivity index (χ3n) is 4.45. The molecule has 1 saturated heterocycles. The van der Waals surface area contributed by atoms with Gasteiger partial charge in [0.05, 0.1) is 25.9 Å². The number of aryl methyl sites for hydroxylation is 1. The summed E-state index contributed by atoms with van der Waals surface area (Å²) in [6, 6.07) is 12.2. The average Bonchev–Trinajstić information content (AvgIpc) is 3.02. The topological polar surface area (TPSA) is 79.9 Å². The molecule has 7 heteroatoms. The van der Waals surface area contributed by atoms with Crippen molar-refractivity contribution >= 4 is 23.3 Å². The van der Waals surface area contributed by atoms with Gasteiger partial charge in [-0.1, -0.05) is 6.07 Å². The predicted octanol–water partition coefficient (Wildman–Crippen LogP) is 2.94. The van der Waals surface area contributed by atoms with Gasteiger partial charge in [0.2, 0.25) is 5.91 Å². The van der Waals surface area contributed by atoms with Gasteiger partial charge >= 0.3 is 6.03 Å². The molecule has 1 aliphatic heterocycles. The molecule has 1 heterocycles. The molecule has 2 N–H and O–H groups in total. The standard InChI is InChI=1S/C20H23N3O4/c1-13-4-9-18(27-3)17(10-13)22-20(25)21-14-11-19(24)23(12-14)15-5-7-16(26-2)8-6-15/h4-10,14H,11-12H2,1-3H3,(H2,21,22,25)/t14-/m1/s1. The fourth-order valence-electron chi connectivity index (χ4n) is 3.08. The molecule has 1 aliphatic rings. The number of anilines is 2. The first-order chi connectivity index (χ1) is 13.0. The van der Waals surface area contributed by atoms with Crippen molar-refractivity contribution in [1.29, 1.82) is 0 Å². The van der Waals surface area contributed by atoms with Crippen molar-refractivity contribution in [2.45, 2.75) is 19.4 Å². The van der Waals surface area contributed by atoms with Gasteiger partial charge in [0.15, 0.2) is 0 Å². The van der Waals surface area contributed by atoms with E-state index in [2.05, 4.69) is 10.6 Å². The Balaban J connectivity index is 1.62. The van der Waals surface area contributed by atoms with Gasteiger partial charge in [-0.15, -0.1) is 0 Å². The molecule has 2 aromatic rings. The van der Waals surface area contributed by atoms with Gasteiger partial charge in [0.25, 0.3) is 0 Å². The minimum Gasteiger partial charge on any atom is -0.497 e. The van der Waals surface area contributed by atoms with E-state index in [1.165, 1.54) is 0 Å². The van der Waals surface area contributed by atoms with E-state index in [-0.39, 0.29) is 24.4 Å². The first-order valence-corrected chi connectivity index (χ1v) is 8.66. The number of nitrogens with one attached hydrogen (secondary N) is 2. The van der Waals surface area contributed by atoms with Crippen LogP contribution in [0.25, 0.3) is 0 Å². The highest BCUT2D eigenvalue weighted by atomic mass is 16.5. The highest BCUT2D eigenvalue weighted by Gasteiger charge is 2.31. The Labute approximate surface area is 158 Å². The Morgan fingerprint density at radius 2 is 1.85 bits per heavy atom. The summed E-state index contributed by atoms with van der Waals surface area (Å²) >= 11 is 0. The molecular weight excluding hydrogens is 346 g/mol. The highest BCUT2D eigenvalue weighted by molar-refractivity contribution is 5.98. The van der Waals surface area contributed by atoms with Crippen LogP contribution in [0.15, 0.2) is 42.5 Å². The van der Waals surface area contributed by atoms with E-state index in [0.29, 0.717) is 18.0 Å². The van der Waals surface area contributed by atoms with Crippen LogP contribution < -0.4 is 25.0 Å². The number of nitrogens with zero attached hydrogens (tertiary/aromatic N) is 1. The van der Waals surface area contributed by atoms with E-state index < -0.39 is 0 Å². The van der Waals surface area contributed by atoms with Gasteiger partial charge in [-0.05, 0) is 48.9 Å². The Kier molecular flexibility index (Phi) is 5.49. The van der Waals surface area contributed by atoms with Crippen LogP contribution in [0.4, 0.5) is 16.2 Å². The number of carbonyl (C=O) groups excluding carboxylic acids is 2. The molecule has 0 unspecified atom stereocenters. The van der Waals surface area contributed by atoms with Crippen LogP contribution in [0, 0.1) is 6.92 Å². The molecule has 0 saturated carbocycles. The summed E-state index contributed by atoms with van der Waals surface area (Å²) in [6.45, 7) is 2.36. The molecule has 3 amide bonds. The zero-order chi connectivity index (χ0) is 19.4. The van der Waals surface area contributed by atoms with Crippen molar-refractivity contribution in [2.24, 2.45) is 0 Å². The largest absolute Gasteiger partial charge is 0.497 e. The maximum Gasteiger partial charge on any atom is 0.319 e. The van der Waals surface area contributed by atoms with Gasteiger partial charge < -0.3 is 25.0 Å². The third-order valence-corrected chi connectivity index (χ3v) is 4.45. The second kappa shape index (κ2) is 7.99. The first-order valence-electron chi connectivity index (χ1n) is 8.66. The van der Waals surface area contributed by atoms with E-state index in [1.807, 2.05) is 31.2 Å². The Morgan fingerprint density at radius 3 is 2.52 bits per heavy atom. The number of benzene rings is 2. The van der Waals surface area contributed by atoms with E-state index in [9.17, 15) is 9.59 Å². The number of ether oxygens (including phenoxy) is 2. The molecule has 0 bridgehead atoms. The number of methoxy groups -OCH3 is 2. The van der Waals surface area contributed by atoms with Crippen LogP contribution in [-0.4, -0.2) is 38.7 Å². The molecule has 7 nitrogen and oxygen atoms in total. The lowest BCUT2D eigenvalue weighted by Crippen LogP contribution is -2.39. The molecule has 27 heavy (non-hydrogen) atoms. The number of hydrogen-bond acceptors (Lipinski definition) is 4.